The Balaban J connectivity index is 0.000000263. The summed E-state index contributed by atoms with van der Waals surface area (Å²) in [6, 6.07) is 6.31. The van der Waals surface area contributed by atoms with Crippen molar-refractivity contribution in [3.8, 4) is 11.8 Å². The summed E-state index contributed by atoms with van der Waals surface area (Å²) in [5.41, 5.74) is -1.37. The third-order valence-electron chi connectivity index (χ3n) is 2.38. The van der Waals surface area contributed by atoms with E-state index in [1.165, 1.54) is 18.2 Å². The molecule has 2 rings (SSSR count). The van der Waals surface area contributed by atoms with Gasteiger partial charge in [-0.25, -0.2) is 4.98 Å². The van der Waals surface area contributed by atoms with Crippen molar-refractivity contribution in [3.05, 3.63) is 56.8 Å². The SMILES string of the molecule is FC(F)(F)c1ncc(Cl)cc1Cl.N#Cc1cccc(Cl)c1OC(F)(F)F. The highest BCUT2D eigenvalue weighted by atomic mass is 35.5. The van der Waals surface area contributed by atoms with Gasteiger partial charge in [-0.2, -0.15) is 18.4 Å². The molecule has 1 heterocycles. The van der Waals surface area contributed by atoms with Crippen molar-refractivity contribution in [2.75, 3.05) is 0 Å². The Hall–Kier alpha value is -1.89. The molecule has 0 bridgehead atoms. The summed E-state index contributed by atoms with van der Waals surface area (Å²) in [6.07, 6.45) is -8.48. The number of para-hydroxylation sites is 1. The van der Waals surface area contributed by atoms with Gasteiger partial charge in [0, 0.05) is 6.20 Å². The maximum Gasteiger partial charge on any atom is 0.573 e. The normalized spacial score (nSPS) is 11.2. The van der Waals surface area contributed by atoms with Crippen molar-refractivity contribution >= 4 is 34.8 Å². The number of ether oxygens (including phenoxy) is 1. The first-order valence-corrected chi connectivity index (χ1v) is 7.31. The van der Waals surface area contributed by atoms with Gasteiger partial charge in [-0.3, -0.25) is 0 Å². The molecule has 0 spiro atoms. The Morgan fingerprint density at radius 3 is 2.08 bits per heavy atom. The zero-order valence-corrected chi connectivity index (χ0v) is 14.4. The van der Waals surface area contributed by atoms with Crippen LogP contribution in [0.15, 0.2) is 30.5 Å². The van der Waals surface area contributed by atoms with E-state index in [0.29, 0.717) is 0 Å². The fourth-order valence-corrected chi connectivity index (χ4v) is 2.14. The molecule has 0 amide bonds. The first-order valence-electron chi connectivity index (χ1n) is 6.17. The number of aromatic nitrogens is 1. The fourth-order valence-electron chi connectivity index (χ4n) is 1.44. The van der Waals surface area contributed by atoms with Crippen molar-refractivity contribution in [1.29, 1.82) is 5.26 Å². The van der Waals surface area contributed by atoms with E-state index < -0.39 is 29.0 Å². The van der Waals surface area contributed by atoms with Gasteiger partial charge in [0.1, 0.15) is 6.07 Å². The minimum Gasteiger partial charge on any atom is -0.403 e. The zero-order chi connectivity index (χ0) is 20.1. The fraction of sp³-hybridized carbons (Fsp3) is 0.143. The Morgan fingerprint density at radius 2 is 1.62 bits per heavy atom. The maximum atomic E-state index is 12.0. The van der Waals surface area contributed by atoms with E-state index >= 15 is 0 Å². The number of nitriles is 1. The van der Waals surface area contributed by atoms with Crippen LogP contribution in [0, 0.1) is 11.3 Å². The number of benzene rings is 1. The van der Waals surface area contributed by atoms with E-state index in [1.807, 2.05) is 0 Å². The first-order chi connectivity index (χ1) is 11.8. The lowest BCUT2D eigenvalue weighted by atomic mass is 10.2. The van der Waals surface area contributed by atoms with Crippen molar-refractivity contribution in [2.24, 2.45) is 0 Å². The molecular weight excluding hydrogens is 433 g/mol. The van der Waals surface area contributed by atoms with E-state index in [4.69, 9.17) is 40.1 Å². The highest BCUT2D eigenvalue weighted by Gasteiger charge is 2.35. The molecule has 0 atom stereocenters. The largest absolute Gasteiger partial charge is 0.573 e. The molecule has 1 aromatic heterocycles. The van der Waals surface area contributed by atoms with E-state index in [-0.39, 0.29) is 15.6 Å². The first kappa shape index (κ1) is 22.2. The van der Waals surface area contributed by atoms with Gasteiger partial charge in [0.2, 0.25) is 0 Å². The third kappa shape index (κ3) is 6.78. The molecule has 12 heteroatoms. The topological polar surface area (TPSA) is 45.9 Å². The number of alkyl halides is 6. The summed E-state index contributed by atoms with van der Waals surface area (Å²) in [6.45, 7) is 0. The molecule has 0 aliphatic heterocycles. The van der Waals surface area contributed by atoms with Crippen LogP contribution in [0.5, 0.6) is 5.75 Å². The third-order valence-corrected chi connectivity index (χ3v) is 3.17. The van der Waals surface area contributed by atoms with Crippen molar-refractivity contribution in [3.63, 3.8) is 0 Å². The van der Waals surface area contributed by atoms with Gasteiger partial charge in [0.25, 0.3) is 0 Å². The molecule has 1 aromatic carbocycles. The summed E-state index contributed by atoms with van der Waals surface area (Å²) in [4.78, 5) is 3.06. The summed E-state index contributed by atoms with van der Waals surface area (Å²) < 4.78 is 75.1. The van der Waals surface area contributed by atoms with Crippen LogP contribution in [0.1, 0.15) is 11.3 Å². The van der Waals surface area contributed by atoms with Crippen LogP contribution >= 0.6 is 34.8 Å². The lowest BCUT2D eigenvalue weighted by Gasteiger charge is -2.10. The summed E-state index contributed by atoms with van der Waals surface area (Å²) in [5.74, 6) is -0.663. The van der Waals surface area contributed by atoms with Crippen LogP contribution in [-0.2, 0) is 6.18 Å². The van der Waals surface area contributed by atoms with E-state index in [1.54, 1.807) is 6.07 Å². The average molecular weight is 438 g/mol. The van der Waals surface area contributed by atoms with Crippen LogP contribution in [0.2, 0.25) is 15.1 Å². The van der Waals surface area contributed by atoms with Gasteiger partial charge in [0.05, 0.1) is 20.6 Å². The smallest absolute Gasteiger partial charge is 0.403 e. The molecule has 2 aromatic rings. The quantitative estimate of drug-likeness (QED) is 0.477. The lowest BCUT2D eigenvalue weighted by Crippen LogP contribution is -2.18. The monoisotopic (exact) mass is 436 g/mol. The summed E-state index contributed by atoms with van der Waals surface area (Å²) in [7, 11) is 0. The van der Waals surface area contributed by atoms with Crippen LogP contribution in [0.4, 0.5) is 26.3 Å². The molecule has 0 saturated heterocycles. The van der Waals surface area contributed by atoms with Crippen molar-refractivity contribution in [2.45, 2.75) is 12.5 Å². The summed E-state index contributed by atoms with van der Waals surface area (Å²) >= 11 is 16.0. The van der Waals surface area contributed by atoms with E-state index in [0.717, 1.165) is 12.3 Å². The molecule has 0 aliphatic carbocycles. The lowest BCUT2D eigenvalue weighted by molar-refractivity contribution is -0.274. The molecule has 140 valence electrons. The van der Waals surface area contributed by atoms with Gasteiger partial charge in [-0.05, 0) is 18.2 Å². The van der Waals surface area contributed by atoms with Crippen LogP contribution in [-0.4, -0.2) is 11.3 Å². The van der Waals surface area contributed by atoms with E-state index in [9.17, 15) is 26.3 Å². The number of rotatable bonds is 1. The average Bonchev–Trinajstić information content (AvgIpc) is 2.47. The minimum atomic E-state index is -4.85. The molecule has 26 heavy (non-hydrogen) atoms. The predicted molar refractivity (Wildman–Crippen MR) is 82.1 cm³/mol. The van der Waals surface area contributed by atoms with Crippen molar-refractivity contribution < 1.29 is 31.1 Å². The highest BCUT2D eigenvalue weighted by Crippen LogP contribution is 2.34. The molecule has 0 N–H and O–H groups in total. The maximum absolute atomic E-state index is 12.0. The van der Waals surface area contributed by atoms with Gasteiger partial charge >= 0.3 is 12.5 Å². The van der Waals surface area contributed by atoms with E-state index in [2.05, 4.69) is 9.72 Å². The predicted octanol–water partition coefficient (Wildman–Crippen LogP) is 6.52. The molecule has 3 nitrogen and oxygen atoms in total. The van der Waals surface area contributed by atoms with Gasteiger partial charge in [0.15, 0.2) is 11.4 Å². The molecule has 0 fully saturated rings. The van der Waals surface area contributed by atoms with Crippen LogP contribution in [0.25, 0.3) is 0 Å². The zero-order valence-electron chi connectivity index (χ0n) is 12.1. The second-order valence-corrected chi connectivity index (χ2v) is 5.51. The van der Waals surface area contributed by atoms with Gasteiger partial charge < -0.3 is 4.74 Å². The van der Waals surface area contributed by atoms with Crippen LogP contribution in [0.3, 0.4) is 0 Å². The molecular formula is C14H5Cl3F6N2O. The Bertz CT molecular complexity index is 818. The number of halogens is 9. The Morgan fingerprint density at radius 1 is 1.00 bits per heavy atom. The highest BCUT2D eigenvalue weighted by molar-refractivity contribution is 6.34. The standard InChI is InChI=1S/C8H3ClF3NO.C6H2Cl2F3N/c9-6-3-1-2-5(4-13)7(6)14-8(10,11)12;7-3-1-4(8)5(12-2-3)6(9,10)11/h1-3H;1-2H. The number of hydrogen-bond donors (Lipinski definition) is 0. The minimum absolute atomic E-state index is 0.0769. The Labute approximate surface area is 157 Å². The second-order valence-electron chi connectivity index (χ2n) is 4.26. The van der Waals surface area contributed by atoms with Crippen molar-refractivity contribution in [1.82, 2.24) is 4.98 Å². The van der Waals surface area contributed by atoms with Gasteiger partial charge in [-0.15, -0.1) is 13.2 Å². The Kier molecular flexibility index (Phi) is 7.38. The molecule has 0 aliphatic rings. The number of nitrogens with zero attached hydrogens (tertiary/aromatic N) is 2. The molecule has 0 radical (unpaired) electrons. The van der Waals surface area contributed by atoms with Gasteiger partial charge in [-0.1, -0.05) is 40.9 Å². The summed E-state index contributed by atoms with van der Waals surface area (Å²) in [5, 5.41) is 7.82. The molecule has 0 saturated carbocycles. The number of pyridine rings is 1. The van der Waals surface area contributed by atoms with Crippen LogP contribution < -0.4 is 4.74 Å². The number of hydrogen-bond acceptors (Lipinski definition) is 3. The molecule has 0 unspecified atom stereocenters. The second kappa shape index (κ2) is 8.66.